The van der Waals surface area contributed by atoms with Crippen LogP contribution in [0.3, 0.4) is 0 Å². The van der Waals surface area contributed by atoms with Crippen LogP contribution in [-0.4, -0.2) is 28.2 Å². The summed E-state index contributed by atoms with van der Waals surface area (Å²) in [6.07, 6.45) is 0.502. The molecule has 0 aliphatic rings. The maximum Gasteiger partial charge on any atom is 1.00 e. The predicted octanol–water partition coefficient (Wildman–Crippen LogP) is -1.65. The maximum atomic E-state index is 10.2. The summed E-state index contributed by atoms with van der Waals surface area (Å²) >= 11 is -1.98. The first-order valence-corrected chi connectivity index (χ1v) is 5.79. The van der Waals surface area contributed by atoms with Crippen molar-refractivity contribution in [3.63, 3.8) is 0 Å². The number of methoxy groups -OCH3 is 1. The molecule has 0 saturated heterocycles. The Morgan fingerprint density at radius 3 is 2.31 bits per heavy atom. The fourth-order valence-electron chi connectivity index (χ4n) is 1.04. The second-order valence-electron chi connectivity index (χ2n) is 2.89. The number of ether oxygens (including phenoxy) is 2. The summed E-state index contributed by atoms with van der Waals surface area (Å²) in [5.74, 6) is 1.62. The van der Waals surface area contributed by atoms with Crippen molar-refractivity contribution >= 4 is 11.1 Å². The van der Waals surface area contributed by atoms with Crippen molar-refractivity contribution in [1.29, 1.82) is 0 Å². The Hall–Kier alpha value is -0.0700. The van der Waals surface area contributed by atoms with E-state index in [1.165, 1.54) is 0 Å². The van der Waals surface area contributed by atoms with Crippen molar-refractivity contribution in [2.45, 2.75) is 6.42 Å². The molecule has 0 N–H and O–H groups in total. The van der Waals surface area contributed by atoms with Crippen LogP contribution >= 0.6 is 0 Å². The second-order valence-corrected chi connectivity index (χ2v) is 3.90. The van der Waals surface area contributed by atoms with Gasteiger partial charge in [0.05, 0.1) is 13.7 Å². The van der Waals surface area contributed by atoms with Gasteiger partial charge in [-0.05, 0) is 30.7 Å². The van der Waals surface area contributed by atoms with Crippen molar-refractivity contribution < 1.29 is 47.8 Å². The van der Waals surface area contributed by atoms with E-state index in [1.54, 1.807) is 31.4 Å². The van der Waals surface area contributed by atoms with Crippen LogP contribution in [0.4, 0.5) is 0 Å². The molecule has 1 unspecified atom stereocenters. The molecule has 0 radical (unpaired) electrons. The third kappa shape index (κ3) is 6.50. The van der Waals surface area contributed by atoms with Crippen LogP contribution in [0.2, 0.25) is 0 Å². The van der Waals surface area contributed by atoms with Gasteiger partial charge in [-0.25, -0.2) is 0 Å². The first-order chi connectivity index (χ1) is 7.22. The summed E-state index contributed by atoms with van der Waals surface area (Å²) in [4.78, 5) is 0. The van der Waals surface area contributed by atoms with Crippen LogP contribution in [0, 0.1) is 0 Å². The van der Waals surface area contributed by atoms with Crippen LogP contribution in [0.15, 0.2) is 24.3 Å². The SMILES string of the molecule is COc1ccc(OCCCS(=O)[O-])cc1.[Na+]. The van der Waals surface area contributed by atoms with Gasteiger partial charge in [0.2, 0.25) is 0 Å². The molecule has 1 aromatic carbocycles. The van der Waals surface area contributed by atoms with E-state index in [0.29, 0.717) is 18.8 Å². The standard InChI is InChI=1S/C10H14O4S.Na/c1-13-9-3-5-10(6-4-9)14-7-2-8-15(11)12;/h3-6H,2,7-8H2,1H3,(H,11,12);/q;+1/p-1. The summed E-state index contributed by atoms with van der Waals surface area (Å²) in [5.41, 5.74) is 0. The molecule has 0 aromatic heterocycles. The third-order valence-electron chi connectivity index (χ3n) is 1.78. The minimum atomic E-state index is -1.98. The molecule has 6 heteroatoms. The van der Waals surface area contributed by atoms with Gasteiger partial charge in [-0.2, -0.15) is 0 Å². The average Bonchev–Trinajstić information content (AvgIpc) is 2.25. The molecule has 0 bridgehead atoms. The normalized spacial score (nSPS) is 11.4. The van der Waals surface area contributed by atoms with E-state index in [4.69, 9.17) is 9.47 Å². The summed E-state index contributed by atoms with van der Waals surface area (Å²) in [6.45, 7) is 0.403. The van der Waals surface area contributed by atoms with Crippen molar-refractivity contribution in [3.8, 4) is 11.5 Å². The summed E-state index contributed by atoms with van der Waals surface area (Å²) in [7, 11) is 1.60. The van der Waals surface area contributed by atoms with Crippen molar-refractivity contribution in [2.75, 3.05) is 19.5 Å². The fourth-order valence-corrected chi connectivity index (χ4v) is 1.39. The Morgan fingerprint density at radius 2 is 1.81 bits per heavy atom. The predicted molar refractivity (Wildman–Crippen MR) is 56.9 cm³/mol. The van der Waals surface area contributed by atoms with E-state index in [2.05, 4.69) is 0 Å². The quantitative estimate of drug-likeness (QED) is 0.346. The van der Waals surface area contributed by atoms with Crippen LogP contribution in [0.25, 0.3) is 0 Å². The van der Waals surface area contributed by atoms with Gasteiger partial charge in [0.15, 0.2) is 0 Å². The molecular weight excluding hydrogens is 239 g/mol. The Kier molecular flexibility index (Phi) is 8.97. The number of hydrogen-bond donors (Lipinski definition) is 0. The Bertz CT molecular complexity index is 315. The van der Waals surface area contributed by atoms with E-state index in [1.807, 2.05) is 0 Å². The van der Waals surface area contributed by atoms with Crippen molar-refractivity contribution in [3.05, 3.63) is 24.3 Å². The van der Waals surface area contributed by atoms with E-state index in [9.17, 15) is 8.76 Å². The molecule has 0 saturated carbocycles. The van der Waals surface area contributed by atoms with Gasteiger partial charge in [-0.15, -0.1) is 0 Å². The summed E-state index contributed by atoms with van der Waals surface area (Å²) in [5, 5.41) is 0. The number of rotatable bonds is 6. The molecular formula is C10H13NaO4S. The van der Waals surface area contributed by atoms with Crippen LogP contribution in [0.1, 0.15) is 6.42 Å². The zero-order valence-electron chi connectivity index (χ0n) is 9.47. The monoisotopic (exact) mass is 252 g/mol. The first kappa shape index (κ1) is 15.9. The molecule has 0 aliphatic carbocycles. The summed E-state index contributed by atoms with van der Waals surface area (Å²) < 4.78 is 30.8. The van der Waals surface area contributed by atoms with Gasteiger partial charge in [0.25, 0.3) is 0 Å². The Labute approximate surface area is 120 Å². The van der Waals surface area contributed by atoms with Gasteiger partial charge in [-0.3, -0.25) is 4.21 Å². The fraction of sp³-hybridized carbons (Fsp3) is 0.400. The number of benzene rings is 1. The van der Waals surface area contributed by atoms with Gasteiger partial charge in [-0.1, -0.05) is 11.1 Å². The smallest absolute Gasteiger partial charge is 0.772 e. The molecule has 16 heavy (non-hydrogen) atoms. The largest absolute Gasteiger partial charge is 1.00 e. The minimum absolute atomic E-state index is 0. The van der Waals surface area contributed by atoms with E-state index >= 15 is 0 Å². The van der Waals surface area contributed by atoms with Gasteiger partial charge >= 0.3 is 29.6 Å². The molecule has 4 nitrogen and oxygen atoms in total. The molecule has 0 fully saturated rings. The third-order valence-corrected chi connectivity index (χ3v) is 2.41. The van der Waals surface area contributed by atoms with Crippen molar-refractivity contribution in [1.82, 2.24) is 0 Å². The molecule has 0 aliphatic heterocycles. The molecule has 0 spiro atoms. The van der Waals surface area contributed by atoms with E-state index in [-0.39, 0.29) is 35.3 Å². The minimum Gasteiger partial charge on any atom is -0.772 e. The second kappa shape index (κ2) is 9.01. The molecule has 84 valence electrons. The van der Waals surface area contributed by atoms with Gasteiger partial charge in [0, 0.05) is 5.75 Å². The Balaban J connectivity index is 0.00000225. The zero-order valence-corrected chi connectivity index (χ0v) is 12.3. The van der Waals surface area contributed by atoms with Gasteiger partial charge < -0.3 is 14.0 Å². The molecule has 0 amide bonds. The first-order valence-electron chi connectivity index (χ1n) is 4.55. The summed E-state index contributed by atoms with van der Waals surface area (Å²) in [6, 6.07) is 7.15. The van der Waals surface area contributed by atoms with E-state index in [0.717, 1.165) is 5.75 Å². The molecule has 0 heterocycles. The van der Waals surface area contributed by atoms with Crippen LogP contribution < -0.4 is 39.0 Å². The van der Waals surface area contributed by atoms with Crippen molar-refractivity contribution in [2.24, 2.45) is 0 Å². The van der Waals surface area contributed by atoms with Gasteiger partial charge in [0.1, 0.15) is 11.5 Å². The molecule has 1 aromatic rings. The molecule has 1 atom stereocenters. The van der Waals surface area contributed by atoms with Crippen LogP contribution in [-0.2, 0) is 11.1 Å². The molecule has 1 rings (SSSR count). The topological polar surface area (TPSA) is 58.6 Å². The van der Waals surface area contributed by atoms with E-state index < -0.39 is 11.1 Å². The maximum absolute atomic E-state index is 10.2. The van der Waals surface area contributed by atoms with Crippen LogP contribution in [0.5, 0.6) is 11.5 Å². The number of hydrogen-bond acceptors (Lipinski definition) is 4. The average molecular weight is 252 g/mol. The zero-order chi connectivity index (χ0) is 11.1. The Morgan fingerprint density at radius 1 is 1.25 bits per heavy atom.